The van der Waals surface area contributed by atoms with Crippen molar-refractivity contribution in [3.8, 4) is 0 Å². The van der Waals surface area contributed by atoms with Crippen LogP contribution in [0.4, 0.5) is 0 Å². The third kappa shape index (κ3) is 2.60. The van der Waals surface area contributed by atoms with Crippen LogP contribution in [0.2, 0.25) is 5.02 Å². The van der Waals surface area contributed by atoms with Crippen LogP contribution in [0.5, 0.6) is 0 Å². The number of ketones is 1. The Balaban J connectivity index is 3.23. The lowest BCUT2D eigenvalue weighted by Crippen LogP contribution is -2.33. The molecule has 2 N–H and O–H groups in total. The minimum atomic E-state index is -0.590. The number of rotatable bonds is 3. The first-order valence-corrected chi connectivity index (χ1v) is 5.76. The maximum Gasteiger partial charge on any atom is 0.172 e. The summed E-state index contributed by atoms with van der Waals surface area (Å²) < 4.78 is 0.710. The van der Waals surface area contributed by atoms with Gasteiger partial charge < -0.3 is 5.73 Å². The largest absolute Gasteiger partial charge is 0.329 e. The standard InChI is InChI=1S/C11H13BrClNO/c1-11(2,6-14)10(15)9-7(12)4-3-5-8(9)13/h3-5H,6,14H2,1-2H3. The number of benzene rings is 1. The Labute approximate surface area is 103 Å². The molecule has 0 bridgehead atoms. The predicted molar refractivity (Wildman–Crippen MR) is 66.3 cm³/mol. The van der Waals surface area contributed by atoms with Crippen LogP contribution in [0.1, 0.15) is 24.2 Å². The van der Waals surface area contributed by atoms with Gasteiger partial charge in [0.05, 0.1) is 10.6 Å². The average Bonchev–Trinajstić information content (AvgIpc) is 2.17. The van der Waals surface area contributed by atoms with Crippen LogP contribution >= 0.6 is 27.5 Å². The van der Waals surface area contributed by atoms with Gasteiger partial charge in [-0.2, -0.15) is 0 Å². The number of nitrogens with two attached hydrogens (primary N) is 1. The molecule has 1 aromatic rings. The summed E-state index contributed by atoms with van der Waals surface area (Å²) >= 11 is 9.32. The summed E-state index contributed by atoms with van der Waals surface area (Å²) in [4.78, 5) is 12.1. The molecule has 2 nitrogen and oxygen atoms in total. The summed E-state index contributed by atoms with van der Waals surface area (Å²) in [5.74, 6) is -0.0394. The molecule has 0 unspecified atom stereocenters. The highest BCUT2D eigenvalue weighted by Gasteiger charge is 2.29. The summed E-state index contributed by atoms with van der Waals surface area (Å²) in [6.07, 6.45) is 0. The maximum absolute atomic E-state index is 12.1. The first-order valence-electron chi connectivity index (χ1n) is 4.59. The van der Waals surface area contributed by atoms with E-state index in [0.29, 0.717) is 21.6 Å². The molecule has 82 valence electrons. The van der Waals surface area contributed by atoms with Gasteiger partial charge in [-0.25, -0.2) is 0 Å². The first-order chi connectivity index (χ1) is 6.90. The second-order valence-electron chi connectivity index (χ2n) is 4.01. The van der Waals surface area contributed by atoms with Gasteiger partial charge in [-0.05, 0) is 28.1 Å². The number of halogens is 2. The van der Waals surface area contributed by atoms with Crippen LogP contribution < -0.4 is 5.73 Å². The third-order valence-electron chi connectivity index (χ3n) is 2.31. The number of hydrogen-bond donors (Lipinski definition) is 1. The minimum Gasteiger partial charge on any atom is -0.329 e. The summed E-state index contributed by atoms with van der Waals surface area (Å²) in [6, 6.07) is 5.29. The third-order valence-corrected chi connectivity index (χ3v) is 3.29. The van der Waals surface area contributed by atoms with E-state index in [2.05, 4.69) is 15.9 Å². The molecular formula is C11H13BrClNO. The topological polar surface area (TPSA) is 43.1 Å². The fourth-order valence-corrected chi connectivity index (χ4v) is 2.07. The highest BCUT2D eigenvalue weighted by atomic mass is 79.9. The van der Waals surface area contributed by atoms with E-state index >= 15 is 0 Å². The predicted octanol–water partition coefficient (Wildman–Crippen LogP) is 3.27. The zero-order valence-electron chi connectivity index (χ0n) is 8.68. The lowest BCUT2D eigenvalue weighted by atomic mass is 9.84. The lowest BCUT2D eigenvalue weighted by Gasteiger charge is -2.21. The van der Waals surface area contributed by atoms with Gasteiger partial charge in [0.2, 0.25) is 0 Å². The molecule has 0 spiro atoms. The zero-order chi connectivity index (χ0) is 11.6. The molecule has 1 rings (SSSR count). The Morgan fingerprint density at radius 2 is 2.13 bits per heavy atom. The van der Waals surface area contributed by atoms with E-state index in [9.17, 15) is 4.79 Å². The van der Waals surface area contributed by atoms with Crippen LogP contribution in [-0.2, 0) is 0 Å². The second-order valence-corrected chi connectivity index (χ2v) is 5.28. The first kappa shape index (κ1) is 12.7. The zero-order valence-corrected chi connectivity index (χ0v) is 11.0. The van der Waals surface area contributed by atoms with Crippen molar-refractivity contribution in [2.45, 2.75) is 13.8 Å². The molecule has 4 heteroatoms. The Bertz CT molecular complexity index is 370. The highest BCUT2D eigenvalue weighted by molar-refractivity contribution is 9.10. The van der Waals surface area contributed by atoms with E-state index in [1.807, 2.05) is 13.8 Å². The summed E-state index contributed by atoms with van der Waals surface area (Å²) in [7, 11) is 0. The molecule has 0 saturated heterocycles. The van der Waals surface area contributed by atoms with Crippen molar-refractivity contribution in [2.24, 2.45) is 11.1 Å². The van der Waals surface area contributed by atoms with Gasteiger partial charge in [0.1, 0.15) is 0 Å². The van der Waals surface area contributed by atoms with Crippen molar-refractivity contribution in [3.05, 3.63) is 33.3 Å². The number of Topliss-reactive ketones (excluding diaryl/α,β-unsaturated/α-hetero) is 1. The van der Waals surface area contributed by atoms with Crippen molar-refractivity contribution in [2.75, 3.05) is 6.54 Å². The fourth-order valence-electron chi connectivity index (χ4n) is 1.15. The molecule has 0 aromatic heterocycles. The number of carbonyl (C=O) groups is 1. The van der Waals surface area contributed by atoms with Gasteiger partial charge in [0.15, 0.2) is 5.78 Å². The molecule has 1 aromatic carbocycles. The number of carbonyl (C=O) groups excluding carboxylic acids is 1. The van der Waals surface area contributed by atoms with Crippen molar-refractivity contribution in [1.82, 2.24) is 0 Å². The van der Waals surface area contributed by atoms with Crippen molar-refractivity contribution in [3.63, 3.8) is 0 Å². The summed E-state index contributed by atoms with van der Waals surface area (Å²) in [5.41, 5.74) is 5.48. The molecule has 0 saturated carbocycles. The molecule has 0 heterocycles. The van der Waals surface area contributed by atoms with E-state index in [0.717, 1.165) is 0 Å². The Morgan fingerprint density at radius 1 is 1.53 bits per heavy atom. The van der Waals surface area contributed by atoms with E-state index < -0.39 is 5.41 Å². The van der Waals surface area contributed by atoms with Gasteiger partial charge in [-0.3, -0.25) is 4.79 Å². The van der Waals surface area contributed by atoms with E-state index in [4.69, 9.17) is 17.3 Å². The van der Waals surface area contributed by atoms with Gasteiger partial charge in [0.25, 0.3) is 0 Å². The Kier molecular flexibility index (Phi) is 3.93. The molecule has 0 aliphatic heterocycles. The molecule has 0 radical (unpaired) electrons. The van der Waals surface area contributed by atoms with Crippen LogP contribution in [0.3, 0.4) is 0 Å². The maximum atomic E-state index is 12.1. The van der Waals surface area contributed by atoms with Crippen LogP contribution in [0, 0.1) is 5.41 Å². The lowest BCUT2D eigenvalue weighted by molar-refractivity contribution is 0.0847. The Hall–Kier alpha value is -0.380. The molecular weight excluding hydrogens is 277 g/mol. The van der Waals surface area contributed by atoms with Gasteiger partial charge in [0, 0.05) is 16.4 Å². The smallest absolute Gasteiger partial charge is 0.172 e. The van der Waals surface area contributed by atoms with Crippen LogP contribution in [0.25, 0.3) is 0 Å². The second kappa shape index (κ2) is 4.64. The average molecular weight is 291 g/mol. The molecule has 0 amide bonds. The minimum absolute atomic E-state index is 0.0394. The molecule has 15 heavy (non-hydrogen) atoms. The van der Waals surface area contributed by atoms with Crippen molar-refractivity contribution >= 4 is 33.3 Å². The van der Waals surface area contributed by atoms with Gasteiger partial charge in [-0.1, -0.05) is 31.5 Å². The van der Waals surface area contributed by atoms with E-state index in [1.165, 1.54) is 0 Å². The van der Waals surface area contributed by atoms with E-state index in [-0.39, 0.29) is 5.78 Å². The van der Waals surface area contributed by atoms with Crippen molar-refractivity contribution in [1.29, 1.82) is 0 Å². The summed E-state index contributed by atoms with van der Waals surface area (Å²) in [6.45, 7) is 3.92. The SMILES string of the molecule is CC(C)(CN)C(=O)c1c(Cl)cccc1Br. The molecule has 0 fully saturated rings. The van der Waals surface area contributed by atoms with E-state index in [1.54, 1.807) is 18.2 Å². The molecule has 0 atom stereocenters. The normalized spacial score (nSPS) is 11.5. The summed E-state index contributed by atoms with van der Waals surface area (Å²) in [5, 5.41) is 0.455. The monoisotopic (exact) mass is 289 g/mol. The molecule has 0 aliphatic carbocycles. The quantitative estimate of drug-likeness (QED) is 0.868. The number of hydrogen-bond acceptors (Lipinski definition) is 2. The van der Waals surface area contributed by atoms with Crippen LogP contribution in [0.15, 0.2) is 22.7 Å². The fraction of sp³-hybridized carbons (Fsp3) is 0.364. The van der Waals surface area contributed by atoms with Gasteiger partial charge >= 0.3 is 0 Å². The van der Waals surface area contributed by atoms with Gasteiger partial charge in [-0.15, -0.1) is 0 Å². The Morgan fingerprint density at radius 3 is 2.60 bits per heavy atom. The van der Waals surface area contributed by atoms with Crippen molar-refractivity contribution < 1.29 is 4.79 Å². The highest BCUT2D eigenvalue weighted by Crippen LogP contribution is 2.31. The molecule has 0 aliphatic rings. The van der Waals surface area contributed by atoms with Crippen LogP contribution in [-0.4, -0.2) is 12.3 Å².